The van der Waals surface area contributed by atoms with Crippen LogP contribution in [0.2, 0.25) is 5.02 Å². The number of nitrogens with zero attached hydrogens (tertiary/aromatic N) is 6. The van der Waals surface area contributed by atoms with Gasteiger partial charge in [0.05, 0.1) is 35.5 Å². The molecule has 1 fully saturated rings. The second kappa shape index (κ2) is 9.11. The number of carbonyl (C=O) groups excluding carboxylic acids is 1. The highest BCUT2D eigenvalue weighted by molar-refractivity contribution is 6.30. The minimum absolute atomic E-state index is 0.0212. The van der Waals surface area contributed by atoms with E-state index in [-0.39, 0.29) is 11.9 Å². The molecule has 1 saturated heterocycles. The molecule has 0 radical (unpaired) electrons. The summed E-state index contributed by atoms with van der Waals surface area (Å²) in [5.41, 5.74) is 4.98. The van der Waals surface area contributed by atoms with Crippen molar-refractivity contribution in [3.05, 3.63) is 94.9 Å². The van der Waals surface area contributed by atoms with Gasteiger partial charge in [-0.05, 0) is 42.7 Å². The monoisotopic (exact) mass is 458 g/mol. The fraction of sp³-hybridized carbons (Fsp3) is 0.240. The molecule has 0 aliphatic carbocycles. The lowest BCUT2D eigenvalue weighted by Gasteiger charge is -2.24. The number of hydrogen-bond acceptors (Lipinski definition) is 5. The van der Waals surface area contributed by atoms with Crippen LogP contribution in [0, 0.1) is 0 Å². The normalized spacial score (nSPS) is 15.7. The van der Waals surface area contributed by atoms with Crippen LogP contribution < -0.4 is 0 Å². The lowest BCUT2D eigenvalue weighted by Crippen LogP contribution is -2.31. The molecule has 0 N–H and O–H groups in total. The maximum absolute atomic E-state index is 13.4. The summed E-state index contributed by atoms with van der Waals surface area (Å²) >= 11 is 6.12. The summed E-state index contributed by atoms with van der Waals surface area (Å²) < 4.78 is 1.72. The summed E-state index contributed by atoms with van der Waals surface area (Å²) in [6.07, 6.45) is 11.3. The van der Waals surface area contributed by atoms with Gasteiger partial charge in [0.15, 0.2) is 0 Å². The molecule has 1 aromatic carbocycles. The molecule has 3 aromatic heterocycles. The Labute approximate surface area is 197 Å². The minimum Gasteiger partial charge on any atom is -0.330 e. The van der Waals surface area contributed by atoms with Crippen molar-refractivity contribution in [2.75, 3.05) is 6.54 Å². The van der Waals surface area contributed by atoms with Crippen LogP contribution in [0.3, 0.4) is 0 Å². The van der Waals surface area contributed by atoms with Crippen molar-refractivity contribution in [1.29, 1.82) is 0 Å². The van der Waals surface area contributed by atoms with E-state index in [0.717, 1.165) is 41.1 Å². The zero-order valence-electron chi connectivity index (χ0n) is 18.2. The number of pyridine rings is 1. The van der Waals surface area contributed by atoms with Crippen molar-refractivity contribution in [3.8, 4) is 11.3 Å². The fourth-order valence-corrected chi connectivity index (χ4v) is 4.50. The van der Waals surface area contributed by atoms with Gasteiger partial charge in [0.1, 0.15) is 0 Å². The molecule has 0 bridgehead atoms. The van der Waals surface area contributed by atoms with E-state index < -0.39 is 0 Å². The first-order valence-corrected chi connectivity index (χ1v) is 11.3. The van der Waals surface area contributed by atoms with E-state index in [4.69, 9.17) is 16.6 Å². The summed E-state index contributed by atoms with van der Waals surface area (Å²) in [6, 6.07) is 11.2. The predicted octanol–water partition coefficient (Wildman–Crippen LogP) is 4.49. The Bertz CT molecular complexity index is 1300. The van der Waals surface area contributed by atoms with Crippen LogP contribution in [0.25, 0.3) is 11.3 Å². The van der Waals surface area contributed by atoms with E-state index in [0.29, 0.717) is 23.6 Å². The number of halogens is 1. The third-order valence-electron chi connectivity index (χ3n) is 5.84. The summed E-state index contributed by atoms with van der Waals surface area (Å²) in [5, 5.41) is 4.90. The van der Waals surface area contributed by atoms with Crippen LogP contribution in [-0.4, -0.2) is 42.1 Å². The second-order valence-corrected chi connectivity index (χ2v) is 8.67. The number of aromatic nitrogens is 5. The summed E-state index contributed by atoms with van der Waals surface area (Å²) in [7, 11) is 1.86. The van der Waals surface area contributed by atoms with Gasteiger partial charge in [0.2, 0.25) is 0 Å². The molecule has 1 atom stereocenters. The first-order chi connectivity index (χ1) is 16.1. The summed E-state index contributed by atoms with van der Waals surface area (Å²) in [5.74, 6) is -0.0212. The van der Waals surface area contributed by atoms with Gasteiger partial charge in [-0.3, -0.25) is 24.4 Å². The second-order valence-electron chi connectivity index (χ2n) is 8.23. The Hall–Kier alpha value is -3.58. The van der Waals surface area contributed by atoms with Crippen LogP contribution >= 0.6 is 11.6 Å². The van der Waals surface area contributed by atoms with Crippen LogP contribution in [0.5, 0.6) is 0 Å². The predicted molar refractivity (Wildman–Crippen MR) is 126 cm³/mol. The maximum Gasteiger partial charge on any atom is 0.254 e. The third-order valence-corrected chi connectivity index (χ3v) is 6.08. The number of carbonyl (C=O) groups is 1. The molecule has 0 spiro atoms. The summed E-state index contributed by atoms with van der Waals surface area (Å²) in [4.78, 5) is 29.0. The highest BCUT2D eigenvalue weighted by atomic mass is 35.5. The van der Waals surface area contributed by atoms with Crippen molar-refractivity contribution < 1.29 is 4.79 Å². The molecular formula is C25H23ClN6O. The Morgan fingerprint density at radius 1 is 1.18 bits per heavy atom. The van der Waals surface area contributed by atoms with E-state index in [9.17, 15) is 4.79 Å². The van der Waals surface area contributed by atoms with Gasteiger partial charge < -0.3 is 4.90 Å². The Kier molecular flexibility index (Phi) is 5.88. The van der Waals surface area contributed by atoms with Crippen LogP contribution in [-0.2, 0) is 13.5 Å². The number of amides is 1. The first kappa shape index (κ1) is 21.3. The molecular weight excluding hydrogens is 436 g/mol. The average molecular weight is 459 g/mol. The zero-order chi connectivity index (χ0) is 22.8. The van der Waals surface area contributed by atoms with E-state index in [1.54, 1.807) is 35.5 Å². The molecule has 7 nitrogen and oxygen atoms in total. The van der Waals surface area contributed by atoms with Crippen molar-refractivity contribution >= 4 is 17.5 Å². The fourth-order valence-electron chi connectivity index (χ4n) is 4.28. The molecule has 5 rings (SSSR count). The van der Waals surface area contributed by atoms with E-state index in [2.05, 4.69) is 15.1 Å². The molecule has 1 aliphatic heterocycles. The van der Waals surface area contributed by atoms with Crippen molar-refractivity contribution in [2.24, 2.45) is 7.05 Å². The van der Waals surface area contributed by atoms with Crippen LogP contribution in [0.4, 0.5) is 0 Å². The quantitative estimate of drug-likeness (QED) is 0.440. The molecule has 166 valence electrons. The number of aryl methyl sites for hydroxylation is 1. The highest BCUT2D eigenvalue weighted by Gasteiger charge is 2.32. The molecule has 1 aliphatic rings. The van der Waals surface area contributed by atoms with E-state index in [1.807, 2.05) is 48.5 Å². The van der Waals surface area contributed by atoms with Crippen molar-refractivity contribution in [2.45, 2.75) is 25.3 Å². The Balaban J connectivity index is 1.38. The number of rotatable bonds is 5. The molecule has 4 aromatic rings. The maximum atomic E-state index is 13.4. The van der Waals surface area contributed by atoms with Gasteiger partial charge in [0.25, 0.3) is 5.91 Å². The van der Waals surface area contributed by atoms with Gasteiger partial charge in [0, 0.05) is 54.8 Å². The molecule has 0 unspecified atom stereocenters. The third kappa shape index (κ3) is 4.64. The number of hydrogen-bond donors (Lipinski definition) is 0. The van der Waals surface area contributed by atoms with Crippen molar-refractivity contribution in [3.63, 3.8) is 0 Å². The first-order valence-electron chi connectivity index (χ1n) is 10.9. The van der Waals surface area contributed by atoms with E-state index in [1.165, 1.54) is 0 Å². The summed E-state index contributed by atoms with van der Waals surface area (Å²) in [6.45, 7) is 0.689. The number of benzene rings is 1. The van der Waals surface area contributed by atoms with Gasteiger partial charge in [-0.2, -0.15) is 5.10 Å². The zero-order valence-corrected chi connectivity index (χ0v) is 19.0. The van der Waals surface area contributed by atoms with Gasteiger partial charge in [-0.1, -0.05) is 23.7 Å². The molecule has 0 saturated carbocycles. The Morgan fingerprint density at radius 3 is 2.91 bits per heavy atom. The smallest absolute Gasteiger partial charge is 0.254 e. The largest absolute Gasteiger partial charge is 0.330 e. The number of likely N-dealkylation sites (tertiary alicyclic amines) is 1. The SMILES string of the molecule is Cn1cc(-c2cc(C(=O)N3CCC[C@@H]3c3cncc(Cc4cccc(Cl)c4)n3)ccn2)cn1. The minimum atomic E-state index is -0.0979. The van der Waals surface area contributed by atoms with Crippen LogP contribution in [0.15, 0.2) is 67.4 Å². The van der Waals surface area contributed by atoms with Gasteiger partial charge in [-0.25, -0.2) is 0 Å². The van der Waals surface area contributed by atoms with Gasteiger partial charge in [-0.15, -0.1) is 0 Å². The highest BCUT2D eigenvalue weighted by Crippen LogP contribution is 2.32. The topological polar surface area (TPSA) is 76.8 Å². The van der Waals surface area contributed by atoms with Gasteiger partial charge >= 0.3 is 0 Å². The van der Waals surface area contributed by atoms with E-state index >= 15 is 0 Å². The lowest BCUT2D eigenvalue weighted by atomic mass is 10.1. The standard InChI is InChI=1S/C25H23ClN6O/c1-31-16-19(13-29-31)22-12-18(7-8-28-22)25(33)32-9-3-6-24(32)23-15-27-14-21(30-23)11-17-4-2-5-20(26)10-17/h2,4-5,7-8,10,12-16,24H,3,6,9,11H2,1H3/t24-/m1/s1. The van der Waals surface area contributed by atoms with Crippen LogP contribution in [0.1, 0.15) is 46.2 Å². The molecule has 33 heavy (non-hydrogen) atoms. The lowest BCUT2D eigenvalue weighted by molar-refractivity contribution is 0.0732. The molecule has 8 heteroatoms. The van der Waals surface area contributed by atoms with Crippen molar-refractivity contribution in [1.82, 2.24) is 29.6 Å². The molecule has 4 heterocycles. The average Bonchev–Trinajstić information content (AvgIpc) is 3.48. The molecule has 1 amide bonds. The Morgan fingerprint density at radius 2 is 2.09 bits per heavy atom.